The number of nitrogens with one attached hydrogen (secondary N) is 1. The molecule has 2 heterocycles. The maximum atomic E-state index is 11.8. The zero-order valence-electron chi connectivity index (χ0n) is 12.8. The molecule has 1 aliphatic heterocycles. The van der Waals surface area contributed by atoms with Crippen molar-refractivity contribution >= 4 is 22.9 Å². The summed E-state index contributed by atoms with van der Waals surface area (Å²) in [6.07, 6.45) is 4.84. The van der Waals surface area contributed by atoms with Crippen LogP contribution in [0.2, 0.25) is 0 Å². The number of benzene rings is 1. The molecule has 0 saturated carbocycles. The lowest BCUT2D eigenvalue weighted by atomic mass is 10.1. The van der Waals surface area contributed by atoms with Crippen LogP contribution in [0.15, 0.2) is 41.8 Å². The summed E-state index contributed by atoms with van der Waals surface area (Å²) in [5.74, 6) is 0.0277. The fourth-order valence-electron chi connectivity index (χ4n) is 2.84. The van der Waals surface area contributed by atoms with Gasteiger partial charge in [-0.2, -0.15) is 0 Å². The molecule has 0 atom stereocenters. The van der Waals surface area contributed by atoms with E-state index >= 15 is 0 Å². The monoisotopic (exact) mass is 314 g/mol. The van der Waals surface area contributed by atoms with Gasteiger partial charge in [0, 0.05) is 25.3 Å². The van der Waals surface area contributed by atoms with Crippen LogP contribution in [0.4, 0.5) is 5.69 Å². The van der Waals surface area contributed by atoms with E-state index in [2.05, 4.69) is 34.5 Å². The number of thiophene rings is 1. The van der Waals surface area contributed by atoms with Gasteiger partial charge >= 0.3 is 0 Å². The maximum Gasteiger partial charge on any atom is 0.261 e. The number of hydrogen-bond acceptors (Lipinski definition) is 3. The zero-order valence-corrected chi connectivity index (χ0v) is 13.6. The highest BCUT2D eigenvalue weighted by Crippen LogP contribution is 2.20. The molecule has 1 amide bonds. The Morgan fingerprint density at radius 2 is 1.86 bits per heavy atom. The first-order valence-corrected chi connectivity index (χ1v) is 8.86. The van der Waals surface area contributed by atoms with Gasteiger partial charge in [0.05, 0.1) is 4.88 Å². The van der Waals surface area contributed by atoms with Crippen LogP contribution in [-0.4, -0.2) is 25.5 Å². The summed E-state index contributed by atoms with van der Waals surface area (Å²) in [6, 6.07) is 12.5. The average Bonchev–Trinajstić information content (AvgIpc) is 3.11. The lowest BCUT2D eigenvalue weighted by Crippen LogP contribution is -2.29. The van der Waals surface area contributed by atoms with Gasteiger partial charge in [0.1, 0.15) is 0 Å². The van der Waals surface area contributed by atoms with Crippen molar-refractivity contribution in [2.75, 3.05) is 24.5 Å². The first-order chi connectivity index (χ1) is 10.8. The zero-order chi connectivity index (χ0) is 15.2. The van der Waals surface area contributed by atoms with Crippen molar-refractivity contribution in [3.8, 4) is 0 Å². The van der Waals surface area contributed by atoms with Crippen molar-refractivity contribution in [3.05, 3.63) is 52.2 Å². The Bertz CT molecular complexity index is 586. The molecule has 1 aromatic heterocycles. The highest BCUT2D eigenvalue weighted by molar-refractivity contribution is 7.12. The molecule has 0 radical (unpaired) electrons. The fourth-order valence-corrected chi connectivity index (χ4v) is 3.48. The molecule has 1 aromatic carbocycles. The summed E-state index contributed by atoms with van der Waals surface area (Å²) < 4.78 is 0. The SMILES string of the molecule is O=C(NCCc1ccc(N2CCCCC2)cc1)c1cccs1. The Morgan fingerprint density at radius 3 is 2.55 bits per heavy atom. The number of anilines is 1. The van der Waals surface area contributed by atoms with Gasteiger partial charge in [-0.05, 0) is 54.8 Å². The van der Waals surface area contributed by atoms with E-state index in [1.807, 2.05) is 17.5 Å². The molecule has 1 saturated heterocycles. The number of carbonyl (C=O) groups excluding carboxylic acids is 1. The van der Waals surface area contributed by atoms with Crippen molar-refractivity contribution < 1.29 is 4.79 Å². The van der Waals surface area contributed by atoms with Crippen LogP contribution < -0.4 is 10.2 Å². The van der Waals surface area contributed by atoms with Crippen LogP contribution in [0.1, 0.15) is 34.5 Å². The Labute approximate surface area is 136 Å². The van der Waals surface area contributed by atoms with Crippen molar-refractivity contribution in [1.29, 1.82) is 0 Å². The largest absolute Gasteiger partial charge is 0.372 e. The molecular formula is C18H22N2OS. The first kappa shape index (κ1) is 15.1. The molecule has 2 aromatic rings. The van der Waals surface area contributed by atoms with Gasteiger partial charge in [0.15, 0.2) is 0 Å². The second kappa shape index (κ2) is 7.45. The second-order valence-electron chi connectivity index (χ2n) is 5.70. The van der Waals surface area contributed by atoms with Crippen LogP contribution in [0, 0.1) is 0 Å². The minimum atomic E-state index is 0.0277. The molecule has 1 aliphatic rings. The molecule has 0 bridgehead atoms. The summed E-state index contributed by atoms with van der Waals surface area (Å²) in [5, 5.41) is 4.90. The molecule has 0 aliphatic carbocycles. The summed E-state index contributed by atoms with van der Waals surface area (Å²) in [5.41, 5.74) is 2.60. The van der Waals surface area contributed by atoms with Crippen molar-refractivity contribution in [2.45, 2.75) is 25.7 Å². The summed E-state index contributed by atoms with van der Waals surface area (Å²) in [4.78, 5) is 15.1. The summed E-state index contributed by atoms with van der Waals surface area (Å²) >= 11 is 1.48. The van der Waals surface area contributed by atoms with E-state index in [1.165, 1.54) is 54.9 Å². The van der Waals surface area contributed by atoms with Crippen LogP contribution in [0.5, 0.6) is 0 Å². The molecule has 22 heavy (non-hydrogen) atoms. The number of carbonyl (C=O) groups is 1. The molecule has 0 unspecified atom stereocenters. The van der Waals surface area contributed by atoms with Gasteiger partial charge < -0.3 is 10.2 Å². The molecule has 4 heteroatoms. The molecule has 1 fully saturated rings. The molecular weight excluding hydrogens is 292 g/mol. The van der Waals surface area contributed by atoms with E-state index < -0.39 is 0 Å². The topological polar surface area (TPSA) is 32.3 Å². The molecule has 3 rings (SSSR count). The molecule has 0 spiro atoms. The minimum Gasteiger partial charge on any atom is -0.372 e. The van der Waals surface area contributed by atoms with Gasteiger partial charge in [-0.1, -0.05) is 18.2 Å². The molecule has 116 valence electrons. The summed E-state index contributed by atoms with van der Waals surface area (Å²) in [6.45, 7) is 3.03. The predicted octanol–water partition coefficient (Wildman–Crippen LogP) is 3.71. The van der Waals surface area contributed by atoms with Gasteiger partial charge in [0.2, 0.25) is 0 Å². The number of amides is 1. The van der Waals surface area contributed by atoms with E-state index in [-0.39, 0.29) is 5.91 Å². The Hall–Kier alpha value is -1.81. The quantitative estimate of drug-likeness (QED) is 0.912. The van der Waals surface area contributed by atoms with E-state index in [0.717, 1.165) is 11.3 Å². The lowest BCUT2D eigenvalue weighted by Gasteiger charge is -2.28. The molecule has 3 nitrogen and oxygen atoms in total. The third-order valence-electron chi connectivity index (χ3n) is 4.10. The van der Waals surface area contributed by atoms with Crippen molar-refractivity contribution in [1.82, 2.24) is 5.32 Å². The van der Waals surface area contributed by atoms with E-state index in [0.29, 0.717) is 6.54 Å². The van der Waals surface area contributed by atoms with Crippen LogP contribution >= 0.6 is 11.3 Å². The van der Waals surface area contributed by atoms with Gasteiger partial charge in [-0.25, -0.2) is 0 Å². The predicted molar refractivity (Wildman–Crippen MR) is 92.9 cm³/mol. The smallest absolute Gasteiger partial charge is 0.261 e. The number of nitrogens with zero attached hydrogens (tertiary/aromatic N) is 1. The van der Waals surface area contributed by atoms with Crippen LogP contribution in [0.3, 0.4) is 0 Å². The van der Waals surface area contributed by atoms with E-state index in [9.17, 15) is 4.79 Å². The second-order valence-corrected chi connectivity index (χ2v) is 6.65. The van der Waals surface area contributed by atoms with Gasteiger partial charge in [0.25, 0.3) is 5.91 Å². The van der Waals surface area contributed by atoms with Gasteiger partial charge in [-0.15, -0.1) is 11.3 Å². The normalized spacial score (nSPS) is 14.8. The summed E-state index contributed by atoms with van der Waals surface area (Å²) in [7, 11) is 0. The lowest BCUT2D eigenvalue weighted by molar-refractivity contribution is 0.0958. The highest BCUT2D eigenvalue weighted by atomic mass is 32.1. The first-order valence-electron chi connectivity index (χ1n) is 7.98. The Balaban J connectivity index is 1.47. The van der Waals surface area contributed by atoms with Crippen molar-refractivity contribution in [3.63, 3.8) is 0 Å². The maximum absolute atomic E-state index is 11.8. The minimum absolute atomic E-state index is 0.0277. The number of piperidine rings is 1. The Kier molecular flexibility index (Phi) is 5.11. The molecule has 1 N–H and O–H groups in total. The van der Waals surface area contributed by atoms with Gasteiger partial charge in [-0.3, -0.25) is 4.79 Å². The van der Waals surface area contributed by atoms with Crippen LogP contribution in [0.25, 0.3) is 0 Å². The third-order valence-corrected chi connectivity index (χ3v) is 4.97. The highest BCUT2D eigenvalue weighted by Gasteiger charge is 2.10. The standard InChI is InChI=1S/C18H22N2OS/c21-18(17-5-4-14-22-17)19-11-10-15-6-8-16(9-7-15)20-12-2-1-3-13-20/h4-9,14H,1-3,10-13H2,(H,19,21). The van der Waals surface area contributed by atoms with E-state index in [4.69, 9.17) is 0 Å². The van der Waals surface area contributed by atoms with Crippen LogP contribution in [-0.2, 0) is 6.42 Å². The Morgan fingerprint density at radius 1 is 1.09 bits per heavy atom. The third kappa shape index (κ3) is 3.89. The van der Waals surface area contributed by atoms with E-state index in [1.54, 1.807) is 0 Å². The number of rotatable bonds is 5. The van der Waals surface area contributed by atoms with Crippen molar-refractivity contribution in [2.24, 2.45) is 0 Å². The average molecular weight is 314 g/mol. The fraction of sp³-hybridized carbons (Fsp3) is 0.389. The number of hydrogen-bond donors (Lipinski definition) is 1.